The molecule has 0 fully saturated rings. The summed E-state index contributed by atoms with van der Waals surface area (Å²) in [6, 6.07) is 21.0. The van der Waals surface area contributed by atoms with Crippen LogP contribution in [0.1, 0.15) is 15.8 Å². The van der Waals surface area contributed by atoms with Crippen molar-refractivity contribution in [1.82, 2.24) is 0 Å². The fourth-order valence-electron chi connectivity index (χ4n) is 2.08. The summed E-state index contributed by atoms with van der Waals surface area (Å²) in [5.74, 6) is 0. The van der Waals surface area contributed by atoms with E-state index in [1.165, 1.54) is 20.5 Å². The summed E-state index contributed by atoms with van der Waals surface area (Å²) in [6.45, 7) is 0. The highest BCUT2D eigenvalue weighted by Crippen LogP contribution is 2.34. The third kappa shape index (κ3) is 2.43. The number of benzene rings is 2. The van der Waals surface area contributed by atoms with E-state index in [-0.39, 0.29) is 5.38 Å². The maximum absolute atomic E-state index is 6.52. The molecule has 0 amide bonds. The average Bonchev–Trinajstić information content (AvgIpc) is 2.84. The second kappa shape index (κ2) is 5.13. The third-order valence-corrected chi connectivity index (χ3v) is 4.76. The summed E-state index contributed by atoms with van der Waals surface area (Å²) < 4.78 is 1.31. The molecule has 0 spiro atoms. The van der Waals surface area contributed by atoms with Gasteiger partial charge in [-0.25, -0.2) is 0 Å². The molecule has 2 heteroatoms. The van der Waals surface area contributed by atoms with Crippen molar-refractivity contribution in [2.75, 3.05) is 0 Å². The zero-order valence-electron chi connectivity index (χ0n) is 9.84. The molecule has 1 aromatic heterocycles. The number of rotatable bonds is 3. The summed E-state index contributed by atoms with van der Waals surface area (Å²) in [4.78, 5) is 1.25. The Morgan fingerprint density at radius 1 is 0.944 bits per heavy atom. The van der Waals surface area contributed by atoms with Crippen LogP contribution in [0.3, 0.4) is 0 Å². The van der Waals surface area contributed by atoms with Crippen LogP contribution < -0.4 is 0 Å². The molecule has 0 nitrogen and oxygen atoms in total. The molecule has 18 heavy (non-hydrogen) atoms. The molecule has 2 aromatic carbocycles. The molecule has 0 aliphatic heterocycles. The summed E-state index contributed by atoms with van der Waals surface area (Å²) in [6.07, 6.45) is 0.884. The Kier molecular flexibility index (Phi) is 3.35. The van der Waals surface area contributed by atoms with E-state index in [0.717, 1.165) is 6.42 Å². The van der Waals surface area contributed by atoms with Crippen molar-refractivity contribution in [3.63, 3.8) is 0 Å². The van der Waals surface area contributed by atoms with Gasteiger partial charge in [0.25, 0.3) is 0 Å². The molecule has 3 rings (SSSR count). The number of hydrogen-bond acceptors (Lipinski definition) is 1. The first kappa shape index (κ1) is 11.8. The fourth-order valence-corrected chi connectivity index (χ4v) is 3.50. The lowest BCUT2D eigenvalue weighted by Crippen LogP contribution is -1.92. The SMILES string of the molecule is ClC(Cc1ccccc1)c1cc2ccccc2s1. The minimum atomic E-state index is 0.0600. The highest BCUT2D eigenvalue weighted by molar-refractivity contribution is 7.19. The molecule has 0 saturated heterocycles. The summed E-state index contributed by atoms with van der Waals surface area (Å²) in [5, 5.41) is 1.35. The lowest BCUT2D eigenvalue weighted by molar-refractivity contribution is 0.941. The zero-order valence-corrected chi connectivity index (χ0v) is 11.4. The molecule has 90 valence electrons. The summed E-state index contributed by atoms with van der Waals surface area (Å²) in [7, 11) is 0. The Balaban J connectivity index is 1.86. The second-order valence-corrected chi connectivity index (χ2v) is 5.99. The maximum Gasteiger partial charge on any atom is 0.0719 e. The van der Waals surface area contributed by atoms with Gasteiger partial charge in [-0.3, -0.25) is 0 Å². The Morgan fingerprint density at radius 3 is 2.44 bits per heavy atom. The van der Waals surface area contributed by atoms with Gasteiger partial charge in [0.2, 0.25) is 0 Å². The van der Waals surface area contributed by atoms with Crippen molar-refractivity contribution in [1.29, 1.82) is 0 Å². The van der Waals surface area contributed by atoms with Gasteiger partial charge in [-0.05, 0) is 29.5 Å². The van der Waals surface area contributed by atoms with E-state index < -0.39 is 0 Å². The van der Waals surface area contributed by atoms with Crippen molar-refractivity contribution >= 4 is 33.0 Å². The molecular formula is C16H13ClS. The van der Waals surface area contributed by atoms with Gasteiger partial charge >= 0.3 is 0 Å². The highest BCUT2D eigenvalue weighted by Gasteiger charge is 2.12. The smallest absolute Gasteiger partial charge is 0.0719 e. The van der Waals surface area contributed by atoms with Crippen LogP contribution in [-0.2, 0) is 6.42 Å². The molecule has 0 aliphatic carbocycles. The van der Waals surface area contributed by atoms with Gasteiger partial charge in [0.15, 0.2) is 0 Å². The maximum atomic E-state index is 6.52. The lowest BCUT2D eigenvalue weighted by atomic mass is 10.1. The van der Waals surface area contributed by atoms with Gasteiger partial charge in [-0.15, -0.1) is 22.9 Å². The predicted molar refractivity (Wildman–Crippen MR) is 80.6 cm³/mol. The van der Waals surface area contributed by atoms with Crippen molar-refractivity contribution in [2.24, 2.45) is 0 Å². The lowest BCUT2D eigenvalue weighted by Gasteiger charge is -2.06. The van der Waals surface area contributed by atoms with Crippen LogP contribution in [-0.4, -0.2) is 0 Å². The van der Waals surface area contributed by atoms with Gasteiger partial charge in [-0.2, -0.15) is 0 Å². The Labute approximate surface area is 116 Å². The number of halogens is 1. The first-order valence-corrected chi connectivity index (χ1v) is 7.25. The van der Waals surface area contributed by atoms with Crippen LogP contribution in [0.2, 0.25) is 0 Å². The molecule has 3 aromatic rings. The Bertz CT molecular complexity index is 609. The minimum absolute atomic E-state index is 0.0600. The zero-order chi connectivity index (χ0) is 12.4. The number of hydrogen-bond donors (Lipinski definition) is 0. The third-order valence-electron chi connectivity index (χ3n) is 3.01. The van der Waals surface area contributed by atoms with E-state index in [0.29, 0.717) is 0 Å². The van der Waals surface area contributed by atoms with E-state index in [9.17, 15) is 0 Å². The van der Waals surface area contributed by atoms with E-state index in [2.05, 4.69) is 54.6 Å². The van der Waals surface area contributed by atoms with Gasteiger partial charge in [0, 0.05) is 9.58 Å². The summed E-state index contributed by atoms with van der Waals surface area (Å²) in [5.41, 5.74) is 1.29. The average molecular weight is 273 g/mol. The van der Waals surface area contributed by atoms with E-state index in [1.807, 2.05) is 6.07 Å². The second-order valence-electron chi connectivity index (χ2n) is 4.34. The van der Waals surface area contributed by atoms with E-state index in [4.69, 9.17) is 11.6 Å². The molecule has 0 N–H and O–H groups in total. The number of fused-ring (bicyclic) bond motifs is 1. The molecule has 0 saturated carbocycles. The number of alkyl halides is 1. The molecule has 0 bridgehead atoms. The van der Waals surface area contributed by atoms with E-state index >= 15 is 0 Å². The minimum Gasteiger partial charge on any atom is -0.139 e. The molecule has 0 radical (unpaired) electrons. The largest absolute Gasteiger partial charge is 0.139 e. The van der Waals surface area contributed by atoms with Crippen LogP contribution in [0.15, 0.2) is 60.7 Å². The van der Waals surface area contributed by atoms with Gasteiger partial charge in [0.05, 0.1) is 5.38 Å². The Hall–Kier alpha value is -1.31. The topological polar surface area (TPSA) is 0 Å². The number of thiophene rings is 1. The predicted octanol–water partition coefficient (Wildman–Crippen LogP) is 5.42. The summed E-state index contributed by atoms with van der Waals surface area (Å²) >= 11 is 8.32. The first-order valence-electron chi connectivity index (χ1n) is 5.99. The monoisotopic (exact) mass is 272 g/mol. The Morgan fingerprint density at radius 2 is 1.67 bits per heavy atom. The first-order chi connectivity index (χ1) is 8.83. The molecule has 1 atom stereocenters. The normalized spacial score (nSPS) is 12.7. The van der Waals surface area contributed by atoms with Crippen molar-refractivity contribution in [3.8, 4) is 0 Å². The van der Waals surface area contributed by atoms with Gasteiger partial charge < -0.3 is 0 Å². The van der Waals surface area contributed by atoms with Gasteiger partial charge in [-0.1, -0.05) is 48.5 Å². The van der Waals surface area contributed by atoms with Crippen LogP contribution >= 0.6 is 22.9 Å². The van der Waals surface area contributed by atoms with Crippen LogP contribution in [0.5, 0.6) is 0 Å². The van der Waals surface area contributed by atoms with Crippen LogP contribution in [0, 0.1) is 0 Å². The van der Waals surface area contributed by atoms with Crippen molar-refractivity contribution in [3.05, 3.63) is 71.1 Å². The molecule has 1 heterocycles. The quantitative estimate of drug-likeness (QED) is 0.558. The molecular weight excluding hydrogens is 260 g/mol. The fraction of sp³-hybridized carbons (Fsp3) is 0.125. The van der Waals surface area contributed by atoms with Crippen molar-refractivity contribution < 1.29 is 0 Å². The molecule has 1 unspecified atom stereocenters. The standard InChI is InChI=1S/C16H13ClS/c17-14(10-12-6-2-1-3-7-12)16-11-13-8-4-5-9-15(13)18-16/h1-9,11,14H,10H2. The van der Waals surface area contributed by atoms with Crippen LogP contribution in [0.4, 0.5) is 0 Å². The van der Waals surface area contributed by atoms with Crippen molar-refractivity contribution in [2.45, 2.75) is 11.8 Å². The molecule has 0 aliphatic rings. The van der Waals surface area contributed by atoms with E-state index in [1.54, 1.807) is 11.3 Å². The van der Waals surface area contributed by atoms with Crippen LogP contribution in [0.25, 0.3) is 10.1 Å². The van der Waals surface area contributed by atoms with Gasteiger partial charge in [0.1, 0.15) is 0 Å². The highest BCUT2D eigenvalue weighted by atomic mass is 35.5.